The lowest BCUT2D eigenvalue weighted by Gasteiger charge is -2.42. The van der Waals surface area contributed by atoms with Crippen LogP contribution in [0.5, 0.6) is 5.75 Å². The van der Waals surface area contributed by atoms with Crippen LogP contribution in [-0.4, -0.2) is 52.5 Å². The molecule has 31 heavy (non-hydrogen) atoms. The Bertz CT molecular complexity index is 1070. The highest BCUT2D eigenvalue weighted by atomic mass is 16.5. The molecule has 0 aliphatic heterocycles. The van der Waals surface area contributed by atoms with Crippen molar-refractivity contribution in [2.45, 2.75) is 51.7 Å². The largest absolute Gasteiger partial charge is 0.491 e. The van der Waals surface area contributed by atoms with E-state index in [1.807, 2.05) is 59.1 Å². The predicted molar refractivity (Wildman–Crippen MR) is 121 cm³/mol. The molecule has 0 fully saturated rings. The summed E-state index contributed by atoms with van der Waals surface area (Å²) in [4.78, 5) is 2.14. The van der Waals surface area contributed by atoms with E-state index in [2.05, 4.69) is 27.2 Å². The first kappa shape index (κ1) is 21.5. The minimum atomic E-state index is -0.219. The summed E-state index contributed by atoms with van der Waals surface area (Å²) in [5.74, 6) is 1.86. The van der Waals surface area contributed by atoms with Gasteiger partial charge >= 0.3 is 0 Å². The molecule has 1 N–H and O–H groups in total. The first-order valence-corrected chi connectivity index (χ1v) is 10.8. The van der Waals surface area contributed by atoms with E-state index in [-0.39, 0.29) is 18.2 Å². The van der Waals surface area contributed by atoms with Gasteiger partial charge < -0.3 is 19.2 Å². The summed E-state index contributed by atoms with van der Waals surface area (Å²) < 4.78 is 11.8. The summed E-state index contributed by atoms with van der Waals surface area (Å²) >= 11 is 0. The van der Waals surface area contributed by atoms with Crippen molar-refractivity contribution in [1.82, 2.24) is 15.1 Å². The summed E-state index contributed by atoms with van der Waals surface area (Å²) in [6.45, 7) is 6.18. The second-order valence-electron chi connectivity index (χ2n) is 9.00. The highest BCUT2D eigenvalue weighted by Gasteiger charge is 2.36. The molecule has 0 radical (unpaired) electrons. The van der Waals surface area contributed by atoms with Gasteiger partial charge in [-0.1, -0.05) is 6.07 Å². The van der Waals surface area contributed by atoms with Crippen LogP contribution in [0.25, 0.3) is 22.9 Å². The third-order valence-electron chi connectivity index (χ3n) is 6.28. The van der Waals surface area contributed by atoms with E-state index in [0.717, 1.165) is 41.7 Å². The Hall–Kier alpha value is -2.70. The average Bonchev–Trinajstić information content (AvgIpc) is 3.24. The van der Waals surface area contributed by atoms with Gasteiger partial charge in [-0.2, -0.15) is 0 Å². The van der Waals surface area contributed by atoms with Gasteiger partial charge in [-0.3, -0.25) is 0 Å². The van der Waals surface area contributed by atoms with Crippen LogP contribution >= 0.6 is 0 Å². The Balaban J connectivity index is 1.60. The molecule has 1 heterocycles. The maximum absolute atomic E-state index is 10.1. The van der Waals surface area contributed by atoms with Crippen LogP contribution in [0, 0.1) is 6.92 Å². The zero-order chi connectivity index (χ0) is 22.2. The molecule has 6 heteroatoms. The Labute approximate surface area is 183 Å². The van der Waals surface area contributed by atoms with Crippen LogP contribution in [0.1, 0.15) is 37.0 Å². The van der Waals surface area contributed by atoms with Crippen molar-refractivity contribution in [3.05, 3.63) is 53.1 Å². The fraction of sp³-hybridized carbons (Fsp3) is 0.440. The van der Waals surface area contributed by atoms with E-state index >= 15 is 0 Å². The smallest absolute Gasteiger partial charge is 0.248 e. The number of hydrogen-bond donors (Lipinski definition) is 1. The van der Waals surface area contributed by atoms with Crippen molar-refractivity contribution in [1.29, 1.82) is 0 Å². The molecule has 1 unspecified atom stereocenters. The predicted octanol–water partition coefficient (Wildman–Crippen LogP) is 4.28. The van der Waals surface area contributed by atoms with Crippen LogP contribution in [0.15, 0.2) is 40.8 Å². The van der Waals surface area contributed by atoms with E-state index in [9.17, 15) is 5.11 Å². The highest BCUT2D eigenvalue weighted by Crippen LogP contribution is 2.35. The zero-order valence-electron chi connectivity index (χ0n) is 19.0. The van der Waals surface area contributed by atoms with E-state index in [0.29, 0.717) is 11.8 Å². The van der Waals surface area contributed by atoms with Gasteiger partial charge in [0.1, 0.15) is 5.75 Å². The number of aryl methyl sites for hydroxylation is 2. The molecule has 0 amide bonds. The molecule has 164 valence electrons. The lowest BCUT2D eigenvalue weighted by Crippen LogP contribution is -2.51. The number of hydrogen-bond acceptors (Lipinski definition) is 6. The molecule has 4 rings (SSSR count). The number of aliphatic hydroxyl groups excluding tert-OH is 1. The van der Waals surface area contributed by atoms with Crippen molar-refractivity contribution < 1.29 is 14.3 Å². The van der Waals surface area contributed by atoms with Gasteiger partial charge in [0.2, 0.25) is 11.8 Å². The normalized spacial score (nSPS) is 18.5. The van der Waals surface area contributed by atoms with Crippen LogP contribution in [0.2, 0.25) is 0 Å². The number of rotatable bonds is 6. The summed E-state index contributed by atoms with van der Waals surface area (Å²) in [6, 6.07) is 12.2. The number of nitrogens with zero attached hydrogens (tertiary/aromatic N) is 3. The van der Waals surface area contributed by atoms with Gasteiger partial charge in [-0.05, 0) is 101 Å². The molecule has 0 saturated carbocycles. The Kier molecular flexibility index (Phi) is 5.86. The topological polar surface area (TPSA) is 71.6 Å². The lowest BCUT2D eigenvalue weighted by molar-refractivity contribution is 0.0557. The molecule has 1 aromatic heterocycles. The summed E-state index contributed by atoms with van der Waals surface area (Å²) in [5.41, 5.74) is 5.15. The fourth-order valence-corrected chi connectivity index (χ4v) is 4.26. The quantitative estimate of drug-likeness (QED) is 0.641. The van der Waals surface area contributed by atoms with Crippen molar-refractivity contribution in [3.8, 4) is 28.7 Å². The molecule has 1 aliphatic rings. The minimum absolute atomic E-state index is 0.126. The lowest BCUT2D eigenvalue weighted by atomic mass is 9.77. The minimum Gasteiger partial charge on any atom is -0.491 e. The highest BCUT2D eigenvalue weighted by molar-refractivity contribution is 5.61. The fourth-order valence-electron chi connectivity index (χ4n) is 4.26. The maximum Gasteiger partial charge on any atom is 0.248 e. The molecule has 0 spiro atoms. The number of aliphatic hydroxyl groups is 1. The van der Waals surface area contributed by atoms with Gasteiger partial charge in [0, 0.05) is 16.7 Å². The summed E-state index contributed by atoms with van der Waals surface area (Å²) in [6.07, 6.45) is 2.83. The Morgan fingerprint density at radius 3 is 2.35 bits per heavy atom. The number of aromatic nitrogens is 2. The number of likely N-dealkylation sites (N-methyl/N-ethyl adjacent to an activating group) is 1. The molecule has 3 aromatic rings. The van der Waals surface area contributed by atoms with Crippen LogP contribution in [0.4, 0.5) is 0 Å². The Morgan fingerprint density at radius 1 is 1.06 bits per heavy atom. The molecule has 6 nitrogen and oxygen atoms in total. The van der Waals surface area contributed by atoms with E-state index < -0.39 is 0 Å². The summed E-state index contributed by atoms with van der Waals surface area (Å²) in [5, 5.41) is 18.6. The third kappa shape index (κ3) is 4.23. The van der Waals surface area contributed by atoms with E-state index in [4.69, 9.17) is 9.15 Å². The second kappa shape index (κ2) is 8.44. The van der Waals surface area contributed by atoms with E-state index in [1.165, 1.54) is 11.1 Å². The number of fused-ring (bicyclic) bond motifs is 1. The van der Waals surface area contributed by atoms with Crippen LogP contribution in [-0.2, 0) is 12.8 Å². The van der Waals surface area contributed by atoms with Gasteiger partial charge in [0.25, 0.3) is 0 Å². The zero-order valence-corrected chi connectivity index (χ0v) is 19.0. The van der Waals surface area contributed by atoms with Crippen molar-refractivity contribution in [2.75, 3.05) is 20.7 Å². The molecular formula is C25H31N3O3. The summed E-state index contributed by atoms with van der Waals surface area (Å²) in [7, 11) is 4.07. The number of ether oxygens (including phenoxy) is 1. The van der Waals surface area contributed by atoms with E-state index in [1.54, 1.807) is 0 Å². The molecule has 0 saturated heterocycles. The van der Waals surface area contributed by atoms with Crippen molar-refractivity contribution in [3.63, 3.8) is 0 Å². The Morgan fingerprint density at radius 2 is 1.74 bits per heavy atom. The van der Waals surface area contributed by atoms with Gasteiger partial charge in [-0.15, -0.1) is 10.2 Å². The molecule has 2 aromatic carbocycles. The SMILES string of the molecule is Cc1cc(-c2nnc(-c3ccc4c(c3)CC(CO)(N(C)C)CC4)o2)ccc1OC(C)C. The molecular weight excluding hydrogens is 390 g/mol. The standard InChI is InChI=1S/C25H31N3O3/c1-16(2)30-22-9-8-19(12-17(22)3)23-26-27-24(31-23)20-7-6-18-10-11-25(15-29,28(4)5)14-21(18)13-20/h6-9,12-13,16,29H,10-11,14-15H2,1-5H3. The van der Waals surface area contributed by atoms with Gasteiger partial charge in [-0.25, -0.2) is 0 Å². The third-order valence-corrected chi connectivity index (χ3v) is 6.28. The first-order chi connectivity index (χ1) is 14.8. The second-order valence-corrected chi connectivity index (χ2v) is 9.00. The van der Waals surface area contributed by atoms with Crippen molar-refractivity contribution >= 4 is 0 Å². The average molecular weight is 422 g/mol. The molecule has 1 atom stereocenters. The first-order valence-electron chi connectivity index (χ1n) is 10.8. The van der Waals surface area contributed by atoms with Crippen LogP contribution < -0.4 is 4.74 Å². The van der Waals surface area contributed by atoms with Gasteiger partial charge in [0.05, 0.1) is 12.7 Å². The number of benzene rings is 2. The maximum atomic E-state index is 10.1. The molecule has 1 aliphatic carbocycles. The monoisotopic (exact) mass is 421 g/mol. The molecule has 0 bridgehead atoms. The van der Waals surface area contributed by atoms with Crippen LogP contribution in [0.3, 0.4) is 0 Å². The van der Waals surface area contributed by atoms with Gasteiger partial charge in [0.15, 0.2) is 0 Å². The van der Waals surface area contributed by atoms with Crippen molar-refractivity contribution in [2.24, 2.45) is 0 Å².